The molecule has 112 valence electrons. The van der Waals surface area contributed by atoms with E-state index in [4.69, 9.17) is 15.2 Å². The summed E-state index contributed by atoms with van der Waals surface area (Å²) in [7, 11) is 5.47. The van der Waals surface area contributed by atoms with E-state index in [2.05, 4.69) is 22.9 Å². The summed E-state index contributed by atoms with van der Waals surface area (Å²) in [5.74, 6) is 1.52. The van der Waals surface area contributed by atoms with Crippen molar-refractivity contribution in [2.45, 2.75) is 6.04 Å². The van der Waals surface area contributed by atoms with Crippen LogP contribution in [0.15, 0.2) is 18.2 Å². The van der Waals surface area contributed by atoms with Crippen LogP contribution in [0.3, 0.4) is 0 Å². The molecule has 1 aliphatic rings. The van der Waals surface area contributed by atoms with E-state index in [-0.39, 0.29) is 6.04 Å². The lowest BCUT2D eigenvalue weighted by Crippen LogP contribution is -2.47. The highest BCUT2D eigenvalue weighted by molar-refractivity contribution is 5.43. The zero-order valence-electron chi connectivity index (χ0n) is 12.6. The first kappa shape index (κ1) is 15.1. The van der Waals surface area contributed by atoms with Gasteiger partial charge in [0, 0.05) is 38.8 Å². The highest BCUT2D eigenvalue weighted by Crippen LogP contribution is 2.31. The highest BCUT2D eigenvalue weighted by atomic mass is 16.5. The van der Waals surface area contributed by atoms with Crippen molar-refractivity contribution in [3.05, 3.63) is 23.8 Å². The molecule has 1 atom stereocenters. The summed E-state index contributed by atoms with van der Waals surface area (Å²) >= 11 is 0. The number of ether oxygens (including phenoxy) is 2. The molecule has 0 bridgehead atoms. The predicted octanol–water partition coefficient (Wildman–Crippen LogP) is 0.951. The quantitative estimate of drug-likeness (QED) is 0.870. The monoisotopic (exact) mass is 279 g/mol. The van der Waals surface area contributed by atoms with Gasteiger partial charge in [-0.25, -0.2) is 0 Å². The van der Waals surface area contributed by atoms with E-state index in [0.29, 0.717) is 6.54 Å². The van der Waals surface area contributed by atoms with Gasteiger partial charge in [-0.15, -0.1) is 0 Å². The van der Waals surface area contributed by atoms with Gasteiger partial charge >= 0.3 is 0 Å². The van der Waals surface area contributed by atoms with Crippen molar-refractivity contribution in [1.82, 2.24) is 9.80 Å². The molecular formula is C15H25N3O2. The molecule has 1 fully saturated rings. The van der Waals surface area contributed by atoms with E-state index in [1.807, 2.05) is 12.1 Å². The largest absolute Gasteiger partial charge is 0.493 e. The van der Waals surface area contributed by atoms with E-state index in [1.165, 1.54) is 5.56 Å². The Kier molecular flexibility index (Phi) is 5.23. The number of hydrogen-bond donors (Lipinski definition) is 1. The summed E-state index contributed by atoms with van der Waals surface area (Å²) in [6, 6.07) is 6.31. The summed E-state index contributed by atoms with van der Waals surface area (Å²) in [5, 5.41) is 0. The summed E-state index contributed by atoms with van der Waals surface area (Å²) in [6.07, 6.45) is 0. The van der Waals surface area contributed by atoms with Gasteiger partial charge in [-0.1, -0.05) is 6.07 Å². The van der Waals surface area contributed by atoms with Crippen molar-refractivity contribution >= 4 is 0 Å². The zero-order chi connectivity index (χ0) is 14.5. The van der Waals surface area contributed by atoms with Gasteiger partial charge in [0.2, 0.25) is 0 Å². The van der Waals surface area contributed by atoms with Gasteiger partial charge in [0.05, 0.1) is 14.2 Å². The van der Waals surface area contributed by atoms with Crippen LogP contribution >= 0.6 is 0 Å². The molecule has 1 unspecified atom stereocenters. The average molecular weight is 279 g/mol. The van der Waals surface area contributed by atoms with Crippen LogP contribution in [0.1, 0.15) is 11.6 Å². The van der Waals surface area contributed by atoms with E-state index in [0.717, 1.165) is 37.7 Å². The van der Waals surface area contributed by atoms with Gasteiger partial charge in [-0.05, 0) is 24.7 Å². The lowest BCUT2D eigenvalue weighted by Gasteiger charge is -2.37. The van der Waals surface area contributed by atoms with Crippen molar-refractivity contribution in [2.75, 3.05) is 54.0 Å². The van der Waals surface area contributed by atoms with E-state index < -0.39 is 0 Å². The molecule has 1 heterocycles. The number of methoxy groups -OCH3 is 2. The van der Waals surface area contributed by atoms with Crippen molar-refractivity contribution in [2.24, 2.45) is 5.73 Å². The second-order valence-corrected chi connectivity index (χ2v) is 5.21. The van der Waals surface area contributed by atoms with Gasteiger partial charge in [-0.3, -0.25) is 4.90 Å². The van der Waals surface area contributed by atoms with E-state index in [9.17, 15) is 0 Å². The average Bonchev–Trinajstić information content (AvgIpc) is 2.49. The van der Waals surface area contributed by atoms with E-state index in [1.54, 1.807) is 14.2 Å². The molecule has 0 aromatic heterocycles. The van der Waals surface area contributed by atoms with Crippen molar-refractivity contribution in [1.29, 1.82) is 0 Å². The second kappa shape index (κ2) is 6.92. The van der Waals surface area contributed by atoms with Crippen LogP contribution in [0.25, 0.3) is 0 Å². The molecule has 0 amide bonds. The fourth-order valence-corrected chi connectivity index (χ4v) is 2.69. The van der Waals surface area contributed by atoms with Crippen LogP contribution in [-0.2, 0) is 0 Å². The van der Waals surface area contributed by atoms with Crippen LogP contribution in [0.4, 0.5) is 0 Å². The summed E-state index contributed by atoms with van der Waals surface area (Å²) in [6.45, 7) is 4.88. The molecule has 2 rings (SSSR count). The fourth-order valence-electron chi connectivity index (χ4n) is 2.69. The molecule has 5 heteroatoms. The number of benzene rings is 1. The second-order valence-electron chi connectivity index (χ2n) is 5.21. The van der Waals surface area contributed by atoms with E-state index >= 15 is 0 Å². The lowest BCUT2D eigenvalue weighted by molar-refractivity contribution is 0.114. The summed E-state index contributed by atoms with van der Waals surface area (Å²) in [4.78, 5) is 4.79. The predicted molar refractivity (Wildman–Crippen MR) is 80.4 cm³/mol. The lowest BCUT2D eigenvalue weighted by atomic mass is 10.0. The molecule has 20 heavy (non-hydrogen) atoms. The van der Waals surface area contributed by atoms with Crippen LogP contribution in [-0.4, -0.2) is 63.8 Å². The molecular weight excluding hydrogens is 254 g/mol. The Labute approximate surface area is 121 Å². The van der Waals surface area contributed by atoms with Gasteiger partial charge in [0.25, 0.3) is 0 Å². The van der Waals surface area contributed by atoms with Crippen LogP contribution in [0, 0.1) is 0 Å². The standard InChI is InChI=1S/C15H25N3O2/c1-17-6-8-18(9-7-17)13(11-16)12-4-5-14(19-2)15(10-12)20-3/h4-5,10,13H,6-9,11,16H2,1-3H3. The van der Waals surface area contributed by atoms with Crippen LogP contribution in [0.2, 0.25) is 0 Å². The Balaban J connectivity index is 2.18. The minimum atomic E-state index is 0.239. The first-order valence-electron chi connectivity index (χ1n) is 7.04. The minimum Gasteiger partial charge on any atom is -0.493 e. The first-order valence-corrected chi connectivity index (χ1v) is 7.04. The summed E-state index contributed by atoms with van der Waals surface area (Å²) < 4.78 is 10.7. The third-order valence-corrected chi connectivity index (χ3v) is 3.99. The van der Waals surface area contributed by atoms with Gasteiger partial charge < -0.3 is 20.1 Å². The number of piperazine rings is 1. The van der Waals surface area contributed by atoms with Crippen LogP contribution in [0.5, 0.6) is 11.5 Å². The van der Waals surface area contributed by atoms with Crippen molar-refractivity contribution < 1.29 is 9.47 Å². The Morgan fingerprint density at radius 2 is 1.75 bits per heavy atom. The highest BCUT2D eigenvalue weighted by Gasteiger charge is 2.23. The number of nitrogens with zero attached hydrogens (tertiary/aromatic N) is 2. The number of nitrogens with two attached hydrogens (primary N) is 1. The molecule has 1 saturated heterocycles. The Bertz CT molecular complexity index is 431. The van der Waals surface area contributed by atoms with Gasteiger partial charge in [-0.2, -0.15) is 0 Å². The molecule has 0 saturated carbocycles. The molecule has 0 spiro atoms. The molecule has 5 nitrogen and oxygen atoms in total. The number of rotatable bonds is 5. The summed E-state index contributed by atoms with van der Waals surface area (Å²) in [5.41, 5.74) is 7.19. The van der Waals surface area contributed by atoms with Crippen molar-refractivity contribution in [3.63, 3.8) is 0 Å². The maximum Gasteiger partial charge on any atom is 0.161 e. The van der Waals surface area contributed by atoms with Crippen molar-refractivity contribution in [3.8, 4) is 11.5 Å². The third-order valence-electron chi connectivity index (χ3n) is 3.99. The molecule has 0 aliphatic carbocycles. The first-order chi connectivity index (χ1) is 9.69. The minimum absolute atomic E-state index is 0.239. The molecule has 1 aromatic rings. The Morgan fingerprint density at radius 1 is 1.10 bits per heavy atom. The smallest absolute Gasteiger partial charge is 0.161 e. The number of hydrogen-bond acceptors (Lipinski definition) is 5. The molecule has 2 N–H and O–H groups in total. The van der Waals surface area contributed by atoms with Crippen LogP contribution < -0.4 is 15.2 Å². The van der Waals surface area contributed by atoms with Gasteiger partial charge in [0.1, 0.15) is 0 Å². The maximum absolute atomic E-state index is 6.01. The topological polar surface area (TPSA) is 51.0 Å². The fraction of sp³-hybridized carbons (Fsp3) is 0.600. The number of likely N-dealkylation sites (N-methyl/N-ethyl adjacent to an activating group) is 1. The normalized spacial score (nSPS) is 18.8. The molecule has 1 aliphatic heterocycles. The Hall–Kier alpha value is -1.30. The SMILES string of the molecule is COc1ccc(C(CN)N2CCN(C)CC2)cc1OC. The Morgan fingerprint density at radius 3 is 2.30 bits per heavy atom. The third kappa shape index (κ3) is 3.23. The maximum atomic E-state index is 6.01. The zero-order valence-corrected chi connectivity index (χ0v) is 12.6. The molecule has 0 radical (unpaired) electrons. The van der Waals surface area contributed by atoms with Gasteiger partial charge in [0.15, 0.2) is 11.5 Å². The molecule has 1 aromatic carbocycles.